The average molecular weight is 443 g/mol. The molecular formula is C32H30N2. The summed E-state index contributed by atoms with van der Waals surface area (Å²) in [7, 11) is 0. The monoisotopic (exact) mass is 442 g/mol. The third kappa shape index (κ3) is 3.16. The highest BCUT2D eigenvalue weighted by molar-refractivity contribution is 5.73. The number of rotatable bonds is 3. The van der Waals surface area contributed by atoms with E-state index in [4.69, 9.17) is 0 Å². The Hall–Kier alpha value is -3.52. The molecular weight excluding hydrogens is 412 g/mol. The number of nitrogens with zero attached hydrogens (tertiary/aromatic N) is 2. The van der Waals surface area contributed by atoms with Crippen molar-refractivity contribution in [3.05, 3.63) is 109 Å². The fourth-order valence-electron chi connectivity index (χ4n) is 6.78. The van der Waals surface area contributed by atoms with Crippen LogP contribution in [0.5, 0.6) is 0 Å². The van der Waals surface area contributed by atoms with Gasteiger partial charge in [0.2, 0.25) is 0 Å². The molecule has 3 atom stereocenters. The Morgan fingerprint density at radius 2 is 1.21 bits per heavy atom. The summed E-state index contributed by atoms with van der Waals surface area (Å²) in [6.07, 6.45) is 3.93. The van der Waals surface area contributed by atoms with Crippen LogP contribution in [0, 0.1) is 5.92 Å². The molecule has 0 N–H and O–H groups in total. The van der Waals surface area contributed by atoms with E-state index in [1.54, 1.807) is 0 Å². The van der Waals surface area contributed by atoms with Crippen molar-refractivity contribution in [2.45, 2.75) is 31.3 Å². The average Bonchev–Trinajstić information content (AvgIpc) is 3.58. The summed E-state index contributed by atoms with van der Waals surface area (Å²) < 4.78 is 0. The lowest BCUT2D eigenvalue weighted by Crippen LogP contribution is -2.44. The van der Waals surface area contributed by atoms with Crippen LogP contribution in [0.15, 0.2) is 103 Å². The predicted molar refractivity (Wildman–Crippen MR) is 142 cm³/mol. The summed E-state index contributed by atoms with van der Waals surface area (Å²) in [5.74, 6) is 0.704. The van der Waals surface area contributed by atoms with Crippen LogP contribution in [-0.4, -0.2) is 19.1 Å². The molecule has 0 amide bonds. The first kappa shape index (κ1) is 19.9. The van der Waals surface area contributed by atoms with Gasteiger partial charge in [-0.25, -0.2) is 0 Å². The maximum atomic E-state index is 2.73. The van der Waals surface area contributed by atoms with Gasteiger partial charge in [-0.2, -0.15) is 0 Å². The zero-order valence-electron chi connectivity index (χ0n) is 19.5. The van der Waals surface area contributed by atoms with E-state index in [2.05, 4.69) is 113 Å². The zero-order valence-corrected chi connectivity index (χ0v) is 19.5. The summed E-state index contributed by atoms with van der Waals surface area (Å²) in [6, 6.07) is 39.2. The van der Waals surface area contributed by atoms with Crippen molar-refractivity contribution >= 4 is 11.4 Å². The van der Waals surface area contributed by atoms with Crippen LogP contribution in [0.25, 0.3) is 22.3 Å². The minimum absolute atomic E-state index is 0.459. The van der Waals surface area contributed by atoms with Crippen molar-refractivity contribution in [1.82, 2.24) is 0 Å². The van der Waals surface area contributed by atoms with E-state index in [9.17, 15) is 0 Å². The maximum Gasteiger partial charge on any atom is 0.0611 e. The summed E-state index contributed by atoms with van der Waals surface area (Å²) >= 11 is 0. The van der Waals surface area contributed by atoms with Gasteiger partial charge < -0.3 is 9.80 Å². The molecule has 168 valence electrons. The Bertz CT molecular complexity index is 1300. The lowest BCUT2D eigenvalue weighted by atomic mass is 9.80. The molecule has 0 spiro atoms. The molecule has 7 rings (SSSR count). The molecule has 4 aromatic carbocycles. The van der Waals surface area contributed by atoms with E-state index in [1.165, 1.54) is 65.0 Å². The van der Waals surface area contributed by atoms with Crippen molar-refractivity contribution in [2.24, 2.45) is 5.92 Å². The molecule has 1 unspecified atom stereocenters. The smallest absolute Gasteiger partial charge is 0.0611 e. The van der Waals surface area contributed by atoms with E-state index in [-0.39, 0.29) is 0 Å². The molecule has 4 aromatic rings. The van der Waals surface area contributed by atoms with Crippen LogP contribution in [0.4, 0.5) is 11.4 Å². The van der Waals surface area contributed by atoms with Gasteiger partial charge in [0, 0.05) is 36.4 Å². The van der Waals surface area contributed by atoms with Crippen LogP contribution in [0.2, 0.25) is 0 Å². The second kappa shape index (κ2) is 8.06. The molecule has 3 heterocycles. The lowest BCUT2D eigenvalue weighted by molar-refractivity contribution is 0.374. The molecule has 3 aliphatic rings. The van der Waals surface area contributed by atoms with E-state index >= 15 is 0 Å². The molecule has 0 radical (unpaired) electrons. The second-order valence-corrected chi connectivity index (χ2v) is 10.0. The van der Waals surface area contributed by atoms with Crippen molar-refractivity contribution in [3.63, 3.8) is 0 Å². The van der Waals surface area contributed by atoms with Crippen molar-refractivity contribution in [1.29, 1.82) is 0 Å². The van der Waals surface area contributed by atoms with Crippen LogP contribution < -0.4 is 9.80 Å². The van der Waals surface area contributed by atoms with Crippen LogP contribution in [0.3, 0.4) is 0 Å². The summed E-state index contributed by atoms with van der Waals surface area (Å²) in [5, 5.41) is 0. The molecule has 2 heteroatoms. The summed E-state index contributed by atoms with van der Waals surface area (Å²) in [5.41, 5.74) is 9.56. The van der Waals surface area contributed by atoms with Crippen molar-refractivity contribution < 1.29 is 0 Å². The molecule has 3 aliphatic heterocycles. The van der Waals surface area contributed by atoms with Gasteiger partial charge in [-0.05, 0) is 71.3 Å². The number of fused-ring (bicyclic) bond motifs is 6. The van der Waals surface area contributed by atoms with Gasteiger partial charge in [-0.15, -0.1) is 0 Å². The predicted octanol–water partition coefficient (Wildman–Crippen LogP) is 7.57. The number of anilines is 2. The summed E-state index contributed by atoms with van der Waals surface area (Å²) in [6.45, 7) is 2.34. The number of hydrogen-bond donors (Lipinski definition) is 0. The van der Waals surface area contributed by atoms with E-state index in [0.717, 1.165) is 6.54 Å². The van der Waals surface area contributed by atoms with Crippen LogP contribution >= 0.6 is 0 Å². The first-order chi connectivity index (χ1) is 16.9. The molecule has 0 saturated carbocycles. The largest absolute Gasteiger partial charge is 0.368 e. The number of hydrogen-bond acceptors (Lipinski definition) is 2. The highest BCUT2D eigenvalue weighted by Crippen LogP contribution is 2.53. The highest BCUT2D eigenvalue weighted by atomic mass is 15.3. The van der Waals surface area contributed by atoms with Gasteiger partial charge in [-0.3, -0.25) is 0 Å². The normalized spacial score (nSPS) is 22.9. The fraction of sp³-hybridized carbons (Fsp3) is 0.250. The van der Waals surface area contributed by atoms with Gasteiger partial charge in [0.1, 0.15) is 0 Å². The first-order valence-corrected chi connectivity index (χ1v) is 12.7. The second-order valence-electron chi connectivity index (χ2n) is 10.0. The standard InChI is InChI=1S/C32H30N2/c1-3-8-23(9-4-1)25-13-16-27(17-14-25)33-21-19-28-30-12-7-20-34(30)31-18-15-26(22-29(31)32(28)33)24-10-5-2-6-11-24/h1-6,8-11,13-18,22,28,30,32H,7,12,19-21H2/t28-,30?,32-/m0/s1. The Balaban J connectivity index is 1.30. The van der Waals surface area contributed by atoms with Gasteiger partial charge in [0.15, 0.2) is 0 Å². The fourth-order valence-corrected chi connectivity index (χ4v) is 6.78. The molecule has 2 fully saturated rings. The van der Waals surface area contributed by atoms with Gasteiger partial charge in [0.05, 0.1) is 6.04 Å². The molecule has 34 heavy (non-hydrogen) atoms. The molecule has 0 bridgehead atoms. The Morgan fingerprint density at radius 3 is 1.94 bits per heavy atom. The SMILES string of the molecule is c1ccc(-c2ccc(N3CC[C@H]4C5CCCN5c5ccc(-c6ccccc6)cc5[C@H]43)cc2)cc1. The third-order valence-corrected chi connectivity index (χ3v) is 8.31. The van der Waals surface area contributed by atoms with Gasteiger partial charge in [0.25, 0.3) is 0 Å². The van der Waals surface area contributed by atoms with Crippen molar-refractivity contribution in [3.8, 4) is 22.3 Å². The minimum atomic E-state index is 0.459. The molecule has 0 aromatic heterocycles. The van der Waals surface area contributed by atoms with Gasteiger partial charge in [-0.1, -0.05) is 78.9 Å². The minimum Gasteiger partial charge on any atom is -0.368 e. The Kier molecular flexibility index (Phi) is 4.72. The quantitative estimate of drug-likeness (QED) is 0.323. The molecule has 2 saturated heterocycles. The topological polar surface area (TPSA) is 6.48 Å². The van der Waals surface area contributed by atoms with Crippen molar-refractivity contribution in [2.75, 3.05) is 22.9 Å². The first-order valence-electron chi connectivity index (χ1n) is 12.7. The highest BCUT2D eigenvalue weighted by Gasteiger charge is 2.48. The zero-order chi connectivity index (χ0) is 22.5. The van der Waals surface area contributed by atoms with E-state index < -0.39 is 0 Å². The Morgan fingerprint density at radius 1 is 0.559 bits per heavy atom. The van der Waals surface area contributed by atoms with Gasteiger partial charge >= 0.3 is 0 Å². The molecule has 2 nitrogen and oxygen atoms in total. The molecule has 0 aliphatic carbocycles. The maximum absolute atomic E-state index is 2.73. The van der Waals surface area contributed by atoms with Crippen LogP contribution in [-0.2, 0) is 0 Å². The Labute approximate surface area is 202 Å². The lowest BCUT2D eigenvalue weighted by Gasteiger charge is -2.44. The summed E-state index contributed by atoms with van der Waals surface area (Å²) in [4.78, 5) is 5.43. The number of benzene rings is 4. The van der Waals surface area contributed by atoms with Crippen LogP contribution in [0.1, 0.15) is 30.9 Å². The van der Waals surface area contributed by atoms with E-state index in [1.807, 2.05) is 0 Å². The third-order valence-electron chi connectivity index (χ3n) is 8.31. The van der Waals surface area contributed by atoms with E-state index in [0.29, 0.717) is 18.0 Å².